The summed E-state index contributed by atoms with van der Waals surface area (Å²) in [4.78, 5) is 0. The highest BCUT2D eigenvalue weighted by molar-refractivity contribution is 7.98. The average molecular weight is 480 g/mol. The van der Waals surface area contributed by atoms with Gasteiger partial charge in [0.05, 0.1) is 0 Å². The molecule has 0 spiro atoms. The predicted molar refractivity (Wildman–Crippen MR) is 159 cm³/mol. The first-order valence-electron chi connectivity index (χ1n) is 12.4. The van der Waals surface area contributed by atoms with Gasteiger partial charge in [-0.25, -0.2) is 0 Å². The first kappa shape index (κ1) is 38.6. The number of thioether (sulfide) groups is 1. The minimum absolute atomic E-state index is 0.970. The Kier molecular flexibility index (Phi) is 44.0. The van der Waals surface area contributed by atoms with E-state index in [0.29, 0.717) is 0 Å². The van der Waals surface area contributed by atoms with Crippen molar-refractivity contribution < 1.29 is 0 Å². The van der Waals surface area contributed by atoms with Crippen LogP contribution in [-0.2, 0) is 0 Å². The average Bonchev–Trinajstić information content (AvgIpc) is 2.83. The number of nitrogens with one attached hydrogen (secondary N) is 2. The molecule has 1 fully saturated rings. The third kappa shape index (κ3) is 41.1. The highest BCUT2D eigenvalue weighted by Gasteiger charge is 2.11. The first-order chi connectivity index (χ1) is 16.0. The van der Waals surface area contributed by atoms with Gasteiger partial charge < -0.3 is 16.4 Å². The first-order valence-corrected chi connectivity index (χ1v) is 13.8. The largest absolute Gasteiger partial charge is 0.405 e. The Balaban J connectivity index is -0.000000165. The van der Waals surface area contributed by atoms with E-state index in [9.17, 15) is 0 Å². The molecule has 0 bridgehead atoms. The van der Waals surface area contributed by atoms with Gasteiger partial charge in [-0.3, -0.25) is 0 Å². The van der Waals surface area contributed by atoms with Crippen molar-refractivity contribution in [2.24, 2.45) is 11.7 Å². The highest BCUT2D eigenvalue weighted by atomic mass is 32.2. The molecule has 4 N–H and O–H groups in total. The number of benzene rings is 1. The van der Waals surface area contributed by atoms with E-state index in [4.69, 9.17) is 0 Å². The second kappa shape index (κ2) is 37.7. The predicted octanol–water partition coefficient (Wildman–Crippen LogP) is 7.87. The van der Waals surface area contributed by atoms with Crippen LogP contribution in [0.2, 0.25) is 0 Å². The van der Waals surface area contributed by atoms with Gasteiger partial charge in [-0.15, -0.1) is 13.2 Å². The molecule has 2 rings (SSSR count). The molecule has 1 aliphatic rings. The molecule has 1 aromatic carbocycles. The molecule has 1 aromatic rings. The molecule has 0 radical (unpaired) electrons. The minimum Gasteiger partial charge on any atom is -0.405 e. The zero-order chi connectivity index (χ0) is 26.2. The van der Waals surface area contributed by atoms with Crippen molar-refractivity contribution in [3.63, 3.8) is 0 Å². The van der Waals surface area contributed by atoms with Gasteiger partial charge in [0.15, 0.2) is 0 Å². The lowest BCUT2D eigenvalue weighted by atomic mass is 9.91. The Morgan fingerprint density at radius 3 is 1.70 bits per heavy atom. The summed E-state index contributed by atoms with van der Waals surface area (Å²) in [5.41, 5.74) is 7.27. The van der Waals surface area contributed by atoms with Crippen LogP contribution in [0, 0.1) is 19.8 Å². The molecule has 1 aliphatic carbocycles. The Hall–Kier alpha value is -1.65. The standard InChI is InChI=1S/C8H16S.C8H10.C6H14N2.C3H8.C2H5N.C2H4/c1-9-7-8-5-3-2-4-6-8;1-7-3-5-8(2)6-4-7;1-3-7-5-6-8-4-2;1-3-2;1-2-3;1-2/h8H,2-7H2,1H3;3-6H,1-2H3;3,7-8H,1,4-6H2,2H3;3H2,1-2H3;2H,1,3H2;1-2H2. The molecule has 0 atom stereocenters. The quantitative estimate of drug-likeness (QED) is 0.275. The summed E-state index contributed by atoms with van der Waals surface area (Å²) in [6, 6.07) is 8.48. The molecule has 1 saturated carbocycles. The van der Waals surface area contributed by atoms with Crippen molar-refractivity contribution in [1.82, 2.24) is 10.6 Å². The molecule has 4 heteroatoms. The zero-order valence-electron chi connectivity index (χ0n) is 22.9. The van der Waals surface area contributed by atoms with Crippen LogP contribution in [0.3, 0.4) is 0 Å². The topological polar surface area (TPSA) is 50.1 Å². The van der Waals surface area contributed by atoms with Gasteiger partial charge >= 0.3 is 0 Å². The Morgan fingerprint density at radius 1 is 0.939 bits per heavy atom. The summed E-state index contributed by atoms with van der Waals surface area (Å²) in [5, 5.41) is 6.16. The molecule has 3 nitrogen and oxygen atoms in total. The van der Waals surface area contributed by atoms with Gasteiger partial charge in [-0.2, -0.15) is 11.8 Å². The summed E-state index contributed by atoms with van der Waals surface area (Å²) >= 11 is 2.01. The maximum Gasteiger partial charge on any atom is 0.0266 e. The molecule has 0 aromatic heterocycles. The third-order valence-corrected chi connectivity index (χ3v) is 4.99. The molecule has 0 saturated heterocycles. The van der Waals surface area contributed by atoms with Crippen LogP contribution in [0.25, 0.3) is 0 Å². The van der Waals surface area contributed by atoms with Gasteiger partial charge in [0.2, 0.25) is 0 Å². The van der Waals surface area contributed by atoms with Crippen LogP contribution in [0.5, 0.6) is 0 Å². The SMILES string of the molecule is C=C.C=CN.C=CNCCNCC.CCC.CSCC1CCCCC1.Cc1ccc(C)cc1. The van der Waals surface area contributed by atoms with Gasteiger partial charge in [-0.1, -0.05) is 95.0 Å². The van der Waals surface area contributed by atoms with Gasteiger partial charge in [0, 0.05) is 13.1 Å². The van der Waals surface area contributed by atoms with Crippen LogP contribution in [0.15, 0.2) is 63.0 Å². The molecule has 0 aliphatic heterocycles. The summed E-state index contributed by atoms with van der Waals surface area (Å²) in [6.07, 6.45) is 13.9. The summed E-state index contributed by atoms with van der Waals surface area (Å²) in [5.74, 6) is 2.47. The van der Waals surface area contributed by atoms with E-state index in [-0.39, 0.29) is 0 Å². The number of rotatable bonds is 7. The lowest BCUT2D eigenvalue weighted by Gasteiger charge is -2.19. The maximum atomic E-state index is 4.61. The fourth-order valence-electron chi connectivity index (χ4n) is 2.67. The van der Waals surface area contributed by atoms with Crippen molar-refractivity contribution in [2.45, 2.75) is 73.1 Å². The Morgan fingerprint density at radius 2 is 1.36 bits per heavy atom. The Bertz CT molecular complexity index is 445. The van der Waals surface area contributed by atoms with Crippen LogP contribution < -0.4 is 16.4 Å². The number of likely N-dealkylation sites (N-methyl/N-ethyl adjacent to an activating group) is 1. The van der Waals surface area contributed by atoms with E-state index in [1.54, 1.807) is 6.20 Å². The number of aryl methyl sites for hydroxylation is 2. The van der Waals surface area contributed by atoms with Gasteiger partial charge in [-0.05, 0) is 63.6 Å². The molecule has 0 amide bonds. The van der Waals surface area contributed by atoms with Crippen molar-refractivity contribution in [3.05, 3.63) is 74.1 Å². The van der Waals surface area contributed by atoms with Crippen LogP contribution >= 0.6 is 11.8 Å². The van der Waals surface area contributed by atoms with E-state index >= 15 is 0 Å². The van der Waals surface area contributed by atoms with Crippen molar-refractivity contribution in [2.75, 3.05) is 31.6 Å². The number of hydrogen-bond acceptors (Lipinski definition) is 4. The van der Waals surface area contributed by atoms with Crippen LogP contribution in [0.1, 0.15) is 70.4 Å². The van der Waals surface area contributed by atoms with Crippen molar-refractivity contribution in [3.8, 4) is 0 Å². The molecular weight excluding hydrogens is 422 g/mol. The molecule has 0 heterocycles. The van der Waals surface area contributed by atoms with E-state index in [1.165, 1.54) is 61.6 Å². The number of hydrogen-bond donors (Lipinski definition) is 3. The Labute approximate surface area is 212 Å². The van der Waals surface area contributed by atoms with E-state index in [0.717, 1.165) is 25.6 Å². The molecule has 33 heavy (non-hydrogen) atoms. The van der Waals surface area contributed by atoms with E-state index < -0.39 is 0 Å². The molecular formula is C29H57N3S. The summed E-state index contributed by atoms with van der Waals surface area (Å²) in [6.45, 7) is 26.2. The lowest BCUT2D eigenvalue weighted by molar-refractivity contribution is 0.391. The molecule has 0 unspecified atom stereocenters. The highest BCUT2D eigenvalue weighted by Crippen LogP contribution is 2.25. The van der Waals surface area contributed by atoms with E-state index in [2.05, 4.69) is 108 Å². The fraction of sp³-hybridized carbons (Fsp3) is 0.586. The summed E-state index contributed by atoms with van der Waals surface area (Å²) < 4.78 is 0. The van der Waals surface area contributed by atoms with Crippen molar-refractivity contribution >= 4 is 11.8 Å². The van der Waals surface area contributed by atoms with Gasteiger partial charge in [0.25, 0.3) is 0 Å². The van der Waals surface area contributed by atoms with E-state index in [1.807, 2.05) is 11.8 Å². The normalized spacial score (nSPS) is 11.5. The minimum atomic E-state index is 0.970. The molecule has 194 valence electrons. The smallest absolute Gasteiger partial charge is 0.0266 e. The maximum absolute atomic E-state index is 4.61. The third-order valence-electron chi connectivity index (χ3n) is 4.19. The zero-order valence-corrected chi connectivity index (χ0v) is 23.7. The van der Waals surface area contributed by atoms with Gasteiger partial charge in [0.1, 0.15) is 0 Å². The second-order valence-electron chi connectivity index (χ2n) is 7.57. The number of nitrogens with two attached hydrogens (primary N) is 1. The lowest BCUT2D eigenvalue weighted by Crippen LogP contribution is -2.23. The second-order valence-corrected chi connectivity index (χ2v) is 8.48. The van der Waals surface area contributed by atoms with Crippen LogP contribution in [0.4, 0.5) is 0 Å². The van der Waals surface area contributed by atoms with Crippen LogP contribution in [-0.4, -0.2) is 31.6 Å². The fourth-order valence-corrected chi connectivity index (χ4v) is 3.47. The summed E-state index contributed by atoms with van der Waals surface area (Å²) in [7, 11) is 0. The monoisotopic (exact) mass is 479 g/mol. The van der Waals surface area contributed by atoms with Crippen molar-refractivity contribution in [1.29, 1.82) is 0 Å².